The SMILES string of the molecule is Nc1cc(-c2cccc3c2oc2ccccc23)ccc1N1CCC(CSCC(=O)O)CC1. The van der Waals surface area contributed by atoms with Crippen LogP contribution in [0.25, 0.3) is 33.1 Å². The van der Waals surface area contributed by atoms with Gasteiger partial charge in [-0.3, -0.25) is 4.79 Å². The predicted molar refractivity (Wildman–Crippen MR) is 133 cm³/mol. The molecule has 164 valence electrons. The number of anilines is 2. The van der Waals surface area contributed by atoms with E-state index in [0.29, 0.717) is 5.92 Å². The van der Waals surface area contributed by atoms with Crippen molar-refractivity contribution in [2.45, 2.75) is 12.8 Å². The molecule has 0 saturated carbocycles. The summed E-state index contributed by atoms with van der Waals surface area (Å²) in [5.41, 5.74) is 12.2. The fraction of sp³-hybridized carbons (Fsp3) is 0.269. The number of nitrogen functional groups attached to an aromatic ring is 1. The molecule has 3 aromatic carbocycles. The molecular formula is C26H26N2O3S. The quantitative estimate of drug-likeness (QED) is 0.361. The van der Waals surface area contributed by atoms with E-state index < -0.39 is 5.97 Å². The van der Waals surface area contributed by atoms with Gasteiger partial charge in [-0.25, -0.2) is 0 Å². The fourth-order valence-electron chi connectivity index (χ4n) is 4.64. The zero-order chi connectivity index (χ0) is 22.1. The zero-order valence-corrected chi connectivity index (χ0v) is 18.6. The van der Waals surface area contributed by atoms with Gasteiger partial charge in [-0.15, -0.1) is 11.8 Å². The van der Waals surface area contributed by atoms with Gasteiger partial charge in [0.2, 0.25) is 0 Å². The lowest BCUT2D eigenvalue weighted by atomic mass is 9.97. The monoisotopic (exact) mass is 446 g/mol. The van der Waals surface area contributed by atoms with E-state index in [1.165, 1.54) is 11.8 Å². The molecule has 5 nitrogen and oxygen atoms in total. The number of furan rings is 1. The maximum absolute atomic E-state index is 10.7. The average molecular weight is 447 g/mol. The third-order valence-electron chi connectivity index (χ3n) is 6.28. The van der Waals surface area contributed by atoms with Crippen LogP contribution in [0.1, 0.15) is 12.8 Å². The van der Waals surface area contributed by atoms with Crippen LogP contribution in [-0.4, -0.2) is 35.7 Å². The molecule has 1 aliphatic rings. The highest BCUT2D eigenvalue weighted by Gasteiger charge is 2.21. The minimum atomic E-state index is -0.737. The van der Waals surface area contributed by atoms with Crippen molar-refractivity contribution in [2.75, 3.05) is 35.2 Å². The average Bonchev–Trinajstić information content (AvgIpc) is 3.18. The number of thioether (sulfide) groups is 1. The number of carboxylic acid groups (broad SMARTS) is 1. The van der Waals surface area contributed by atoms with E-state index >= 15 is 0 Å². The van der Waals surface area contributed by atoms with Crippen LogP contribution in [0.3, 0.4) is 0 Å². The Morgan fingerprint density at radius 3 is 2.62 bits per heavy atom. The van der Waals surface area contributed by atoms with Gasteiger partial charge in [0, 0.05) is 29.4 Å². The van der Waals surface area contributed by atoms with Crippen molar-refractivity contribution in [1.82, 2.24) is 0 Å². The van der Waals surface area contributed by atoms with Gasteiger partial charge in [0.15, 0.2) is 0 Å². The molecule has 1 aliphatic heterocycles. The van der Waals surface area contributed by atoms with Crippen molar-refractivity contribution in [1.29, 1.82) is 0 Å². The van der Waals surface area contributed by atoms with E-state index in [0.717, 1.165) is 76.1 Å². The van der Waals surface area contributed by atoms with E-state index in [4.69, 9.17) is 15.3 Å². The smallest absolute Gasteiger partial charge is 0.313 e. The number of benzene rings is 3. The van der Waals surface area contributed by atoms with Crippen LogP contribution in [0.5, 0.6) is 0 Å². The number of nitrogens with zero attached hydrogens (tertiary/aromatic N) is 1. The van der Waals surface area contributed by atoms with Gasteiger partial charge in [0.05, 0.1) is 17.1 Å². The first-order valence-electron chi connectivity index (χ1n) is 10.9. The summed E-state index contributed by atoms with van der Waals surface area (Å²) in [6, 6.07) is 20.7. The predicted octanol–water partition coefficient (Wildman–Crippen LogP) is 5.87. The highest BCUT2D eigenvalue weighted by Crippen LogP contribution is 2.38. The Kier molecular flexibility index (Phi) is 5.70. The molecule has 1 aromatic heterocycles. The van der Waals surface area contributed by atoms with Crippen LogP contribution >= 0.6 is 11.8 Å². The normalized spacial score (nSPS) is 14.9. The maximum atomic E-state index is 10.7. The summed E-state index contributed by atoms with van der Waals surface area (Å²) in [5, 5.41) is 11.1. The molecule has 1 saturated heterocycles. The Bertz CT molecular complexity index is 1270. The van der Waals surface area contributed by atoms with Gasteiger partial charge < -0.3 is 20.2 Å². The number of para-hydroxylation sites is 2. The Hall–Kier alpha value is -3.12. The molecule has 1 fully saturated rings. The van der Waals surface area contributed by atoms with Crippen molar-refractivity contribution in [3.63, 3.8) is 0 Å². The standard InChI is InChI=1S/C26H26N2O3S/c27-22-14-18(19-5-3-6-21-20-4-1-2-7-24(20)31-26(19)21)8-9-23(22)28-12-10-17(11-13-28)15-32-16-25(29)30/h1-9,14,17H,10-13,15-16,27H2,(H,29,30). The summed E-state index contributed by atoms with van der Waals surface area (Å²) in [6.07, 6.45) is 2.12. The largest absolute Gasteiger partial charge is 0.481 e. The second-order valence-electron chi connectivity index (χ2n) is 8.39. The van der Waals surface area contributed by atoms with Crippen LogP contribution in [0.15, 0.2) is 65.1 Å². The van der Waals surface area contributed by atoms with Crippen molar-refractivity contribution in [2.24, 2.45) is 5.92 Å². The molecule has 6 heteroatoms. The van der Waals surface area contributed by atoms with Crippen molar-refractivity contribution >= 4 is 51.0 Å². The molecule has 0 bridgehead atoms. The zero-order valence-electron chi connectivity index (χ0n) is 17.8. The Morgan fingerprint density at radius 1 is 1.06 bits per heavy atom. The minimum Gasteiger partial charge on any atom is -0.481 e. The first-order valence-corrected chi connectivity index (χ1v) is 12.1. The summed E-state index contributed by atoms with van der Waals surface area (Å²) in [4.78, 5) is 13.1. The number of carbonyl (C=O) groups is 1. The number of hydrogen-bond acceptors (Lipinski definition) is 5. The van der Waals surface area contributed by atoms with Crippen molar-refractivity contribution < 1.29 is 14.3 Å². The van der Waals surface area contributed by atoms with E-state index in [-0.39, 0.29) is 5.75 Å². The molecule has 5 rings (SSSR count). The van der Waals surface area contributed by atoms with E-state index in [2.05, 4.69) is 41.3 Å². The highest BCUT2D eigenvalue weighted by atomic mass is 32.2. The molecular weight excluding hydrogens is 420 g/mol. The third-order valence-corrected chi connectivity index (χ3v) is 7.44. The number of rotatable bonds is 6. The number of aliphatic carboxylic acids is 1. The lowest BCUT2D eigenvalue weighted by Gasteiger charge is -2.34. The highest BCUT2D eigenvalue weighted by molar-refractivity contribution is 7.99. The Labute approximate surface area is 191 Å². The van der Waals surface area contributed by atoms with Crippen LogP contribution in [0.4, 0.5) is 11.4 Å². The van der Waals surface area contributed by atoms with E-state index in [1.54, 1.807) is 0 Å². The summed E-state index contributed by atoms with van der Waals surface area (Å²) < 4.78 is 6.19. The molecule has 3 N–H and O–H groups in total. The molecule has 0 amide bonds. The van der Waals surface area contributed by atoms with Crippen LogP contribution in [0, 0.1) is 5.92 Å². The summed E-state index contributed by atoms with van der Waals surface area (Å²) in [6.45, 7) is 1.89. The molecule has 0 spiro atoms. The van der Waals surface area contributed by atoms with Gasteiger partial charge in [-0.2, -0.15) is 0 Å². The fourth-order valence-corrected chi connectivity index (χ4v) is 5.60. The number of nitrogens with two attached hydrogens (primary N) is 1. The molecule has 32 heavy (non-hydrogen) atoms. The summed E-state index contributed by atoms with van der Waals surface area (Å²) >= 11 is 1.52. The first-order chi connectivity index (χ1) is 15.6. The maximum Gasteiger partial charge on any atom is 0.313 e. The molecule has 0 unspecified atom stereocenters. The van der Waals surface area contributed by atoms with E-state index in [1.807, 2.05) is 24.3 Å². The lowest BCUT2D eigenvalue weighted by Crippen LogP contribution is -2.34. The van der Waals surface area contributed by atoms with Gasteiger partial charge in [0.25, 0.3) is 0 Å². The van der Waals surface area contributed by atoms with E-state index in [9.17, 15) is 4.79 Å². The second-order valence-corrected chi connectivity index (χ2v) is 9.42. The van der Waals surface area contributed by atoms with Crippen LogP contribution in [0.2, 0.25) is 0 Å². The number of piperidine rings is 1. The molecule has 4 aromatic rings. The summed E-state index contributed by atoms with van der Waals surface area (Å²) in [7, 11) is 0. The topological polar surface area (TPSA) is 79.7 Å². The lowest BCUT2D eigenvalue weighted by molar-refractivity contribution is -0.133. The second kappa shape index (κ2) is 8.79. The van der Waals surface area contributed by atoms with Gasteiger partial charge in [-0.1, -0.05) is 42.5 Å². The van der Waals surface area contributed by atoms with Crippen molar-refractivity contribution in [3.05, 3.63) is 60.7 Å². The number of carboxylic acids is 1. The molecule has 0 radical (unpaired) electrons. The third kappa shape index (κ3) is 4.02. The van der Waals surface area contributed by atoms with Crippen LogP contribution in [-0.2, 0) is 4.79 Å². The molecule has 0 atom stereocenters. The Balaban J connectivity index is 1.35. The van der Waals surface area contributed by atoms with Gasteiger partial charge in [-0.05, 0) is 48.3 Å². The summed E-state index contributed by atoms with van der Waals surface area (Å²) in [5.74, 6) is 0.934. The number of fused-ring (bicyclic) bond motifs is 3. The molecule has 0 aliphatic carbocycles. The first kappa shape index (κ1) is 20.8. The Morgan fingerprint density at radius 2 is 1.84 bits per heavy atom. The van der Waals surface area contributed by atoms with Gasteiger partial charge >= 0.3 is 5.97 Å². The van der Waals surface area contributed by atoms with Crippen molar-refractivity contribution in [3.8, 4) is 11.1 Å². The molecule has 2 heterocycles. The van der Waals surface area contributed by atoms with Gasteiger partial charge in [0.1, 0.15) is 11.2 Å². The van der Waals surface area contributed by atoms with Crippen LogP contribution < -0.4 is 10.6 Å². The number of hydrogen-bond donors (Lipinski definition) is 2. The minimum absolute atomic E-state index is 0.187.